The molecule has 0 spiro atoms. The van der Waals surface area contributed by atoms with Crippen LogP contribution in [0.25, 0.3) is 11.3 Å². The van der Waals surface area contributed by atoms with Gasteiger partial charge in [0.25, 0.3) is 0 Å². The van der Waals surface area contributed by atoms with E-state index in [1.54, 1.807) is 0 Å². The minimum atomic E-state index is 0.404. The summed E-state index contributed by atoms with van der Waals surface area (Å²) in [5.74, 6) is 0.960. The van der Waals surface area contributed by atoms with Crippen molar-refractivity contribution in [2.45, 2.75) is 38.3 Å². The van der Waals surface area contributed by atoms with Crippen LogP contribution in [0.4, 0.5) is 0 Å². The fraction of sp³-hybridized carbons (Fsp3) is 0.438. The lowest BCUT2D eigenvalue weighted by atomic mass is 10.1. The maximum Gasteiger partial charge on any atom is 0.119 e. The molecule has 0 saturated heterocycles. The van der Waals surface area contributed by atoms with Gasteiger partial charge in [-0.15, -0.1) is 0 Å². The summed E-state index contributed by atoms with van der Waals surface area (Å²) in [5.41, 5.74) is 8.76. The number of aromatic nitrogens is 2. The number of hydrogen-bond donors (Lipinski definition) is 1. The minimum absolute atomic E-state index is 0.404. The Balaban J connectivity index is 1.76. The molecule has 1 aromatic carbocycles. The Morgan fingerprint density at radius 3 is 2.55 bits per heavy atom. The van der Waals surface area contributed by atoms with Gasteiger partial charge in [-0.05, 0) is 56.0 Å². The molecule has 1 aliphatic carbocycles. The average Bonchev–Trinajstić information content (AvgIpc) is 3.09. The zero-order valence-electron chi connectivity index (χ0n) is 11.9. The number of rotatable bonds is 4. The van der Waals surface area contributed by atoms with E-state index >= 15 is 0 Å². The molecular formula is C16H21N3O. The summed E-state index contributed by atoms with van der Waals surface area (Å²) in [6.07, 6.45) is 5.35. The van der Waals surface area contributed by atoms with Crippen LogP contribution in [0.2, 0.25) is 0 Å². The first-order chi connectivity index (χ1) is 9.76. The Hall–Kier alpha value is -1.81. The lowest BCUT2D eigenvalue weighted by Gasteiger charge is -2.13. The van der Waals surface area contributed by atoms with Gasteiger partial charge >= 0.3 is 0 Å². The summed E-state index contributed by atoms with van der Waals surface area (Å²) in [4.78, 5) is 0. The Labute approximate surface area is 119 Å². The van der Waals surface area contributed by atoms with Gasteiger partial charge in [0, 0.05) is 19.2 Å². The predicted octanol–water partition coefficient (Wildman–Crippen LogP) is 2.87. The maximum absolute atomic E-state index is 5.98. The summed E-state index contributed by atoms with van der Waals surface area (Å²) in [7, 11) is 1.94. The zero-order valence-corrected chi connectivity index (χ0v) is 11.9. The number of ether oxygens (including phenoxy) is 1. The van der Waals surface area contributed by atoms with Crippen LogP contribution < -0.4 is 10.5 Å². The second-order valence-corrected chi connectivity index (χ2v) is 5.40. The van der Waals surface area contributed by atoms with Crippen molar-refractivity contribution in [2.24, 2.45) is 12.8 Å². The van der Waals surface area contributed by atoms with Crippen LogP contribution in [-0.2, 0) is 13.6 Å². The fourth-order valence-electron chi connectivity index (χ4n) is 2.80. The van der Waals surface area contributed by atoms with Gasteiger partial charge in [-0.3, -0.25) is 4.68 Å². The topological polar surface area (TPSA) is 53.1 Å². The molecule has 1 aliphatic rings. The summed E-state index contributed by atoms with van der Waals surface area (Å²) < 4.78 is 7.85. The Bertz CT molecular complexity index is 568. The highest BCUT2D eigenvalue weighted by molar-refractivity contribution is 5.61. The molecule has 1 saturated carbocycles. The molecule has 106 valence electrons. The summed E-state index contributed by atoms with van der Waals surface area (Å²) in [6, 6.07) is 10.3. The van der Waals surface area contributed by atoms with Crippen molar-refractivity contribution in [3.8, 4) is 17.0 Å². The molecule has 20 heavy (non-hydrogen) atoms. The highest BCUT2D eigenvalue weighted by Gasteiger charge is 2.16. The van der Waals surface area contributed by atoms with Crippen molar-refractivity contribution in [2.75, 3.05) is 0 Å². The summed E-state index contributed by atoms with van der Waals surface area (Å²) in [5, 5.41) is 4.37. The highest BCUT2D eigenvalue weighted by Crippen LogP contribution is 2.26. The molecule has 0 unspecified atom stereocenters. The molecule has 4 nitrogen and oxygen atoms in total. The first-order valence-electron chi connectivity index (χ1n) is 7.26. The van der Waals surface area contributed by atoms with Crippen molar-refractivity contribution in [3.05, 3.63) is 36.0 Å². The van der Waals surface area contributed by atoms with Gasteiger partial charge in [0.1, 0.15) is 5.75 Å². The standard InChI is InChI=1S/C16H21N3O/c1-19-16(10-13(11-17)18-19)12-6-8-15(9-7-12)20-14-4-2-3-5-14/h6-10,14H,2-5,11,17H2,1H3. The van der Waals surface area contributed by atoms with E-state index < -0.39 is 0 Å². The third-order valence-electron chi connectivity index (χ3n) is 3.89. The predicted molar refractivity (Wildman–Crippen MR) is 79.4 cm³/mol. The Kier molecular flexibility index (Phi) is 3.74. The van der Waals surface area contributed by atoms with E-state index in [1.165, 1.54) is 25.7 Å². The fourth-order valence-corrected chi connectivity index (χ4v) is 2.80. The molecule has 4 heteroatoms. The van der Waals surface area contributed by atoms with Gasteiger partial charge < -0.3 is 10.5 Å². The first-order valence-corrected chi connectivity index (χ1v) is 7.26. The van der Waals surface area contributed by atoms with Crippen molar-refractivity contribution >= 4 is 0 Å². The largest absolute Gasteiger partial charge is 0.490 e. The van der Waals surface area contributed by atoms with E-state index in [9.17, 15) is 0 Å². The Morgan fingerprint density at radius 1 is 1.25 bits per heavy atom. The second kappa shape index (κ2) is 5.67. The van der Waals surface area contributed by atoms with Gasteiger partial charge in [-0.2, -0.15) is 5.10 Å². The molecular weight excluding hydrogens is 250 g/mol. The normalized spacial score (nSPS) is 15.7. The highest BCUT2D eigenvalue weighted by atomic mass is 16.5. The van der Waals surface area contributed by atoms with Crippen LogP contribution in [0.15, 0.2) is 30.3 Å². The Morgan fingerprint density at radius 2 is 1.95 bits per heavy atom. The molecule has 0 atom stereocenters. The molecule has 1 fully saturated rings. The van der Waals surface area contributed by atoms with E-state index in [4.69, 9.17) is 10.5 Å². The number of aryl methyl sites for hydroxylation is 1. The van der Waals surface area contributed by atoms with Crippen molar-refractivity contribution in [3.63, 3.8) is 0 Å². The van der Waals surface area contributed by atoms with Crippen LogP contribution in [0, 0.1) is 0 Å². The molecule has 3 rings (SSSR count). The van der Waals surface area contributed by atoms with Crippen molar-refractivity contribution in [1.29, 1.82) is 0 Å². The lowest BCUT2D eigenvalue weighted by molar-refractivity contribution is 0.210. The number of nitrogens with two attached hydrogens (primary N) is 1. The van der Waals surface area contributed by atoms with Crippen LogP contribution in [0.5, 0.6) is 5.75 Å². The van der Waals surface area contributed by atoms with Gasteiger partial charge in [-0.1, -0.05) is 0 Å². The molecule has 1 heterocycles. The van der Waals surface area contributed by atoms with Crippen LogP contribution >= 0.6 is 0 Å². The zero-order chi connectivity index (χ0) is 13.9. The molecule has 0 bridgehead atoms. The molecule has 1 aromatic heterocycles. The molecule has 2 aromatic rings. The number of hydrogen-bond acceptors (Lipinski definition) is 3. The van der Waals surface area contributed by atoms with E-state index in [-0.39, 0.29) is 0 Å². The van der Waals surface area contributed by atoms with Crippen LogP contribution in [0.1, 0.15) is 31.4 Å². The van der Waals surface area contributed by atoms with Gasteiger partial charge in [0.2, 0.25) is 0 Å². The van der Waals surface area contributed by atoms with Gasteiger partial charge in [0.05, 0.1) is 17.5 Å². The van der Waals surface area contributed by atoms with Crippen LogP contribution in [-0.4, -0.2) is 15.9 Å². The molecule has 2 N–H and O–H groups in total. The van der Waals surface area contributed by atoms with Gasteiger partial charge in [0.15, 0.2) is 0 Å². The minimum Gasteiger partial charge on any atom is -0.490 e. The molecule has 0 amide bonds. The number of nitrogens with zero attached hydrogens (tertiary/aromatic N) is 2. The van der Waals surface area contributed by atoms with E-state index in [2.05, 4.69) is 17.2 Å². The van der Waals surface area contributed by atoms with Crippen molar-refractivity contribution < 1.29 is 4.74 Å². The van der Waals surface area contributed by atoms with Gasteiger partial charge in [-0.25, -0.2) is 0 Å². The third-order valence-corrected chi connectivity index (χ3v) is 3.89. The smallest absolute Gasteiger partial charge is 0.119 e. The SMILES string of the molecule is Cn1nc(CN)cc1-c1ccc(OC2CCCC2)cc1. The molecule has 0 radical (unpaired) electrons. The molecule has 0 aliphatic heterocycles. The van der Waals surface area contributed by atoms with Crippen molar-refractivity contribution in [1.82, 2.24) is 9.78 Å². The summed E-state index contributed by atoms with van der Waals surface area (Å²) in [6.45, 7) is 0.469. The average molecular weight is 271 g/mol. The maximum atomic E-state index is 5.98. The van der Waals surface area contributed by atoms with E-state index in [0.717, 1.165) is 22.7 Å². The lowest BCUT2D eigenvalue weighted by Crippen LogP contribution is -2.10. The summed E-state index contributed by atoms with van der Waals surface area (Å²) >= 11 is 0. The van der Waals surface area contributed by atoms with E-state index in [0.29, 0.717) is 12.6 Å². The van der Waals surface area contributed by atoms with E-state index in [1.807, 2.05) is 29.9 Å². The number of benzene rings is 1. The first kappa shape index (κ1) is 13.2. The van der Waals surface area contributed by atoms with Crippen LogP contribution in [0.3, 0.4) is 0 Å². The third kappa shape index (κ3) is 2.70. The quantitative estimate of drug-likeness (QED) is 0.930. The monoisotopic (exact) mass is 271 g/mol. The second-order valence-electron chi connectivity index (χ2n) is 5.40.